The second kappa shape index (κ2) is 8.72. The maximum atomic E-state index is 12.3. The number of amides is 1. The summed E-state index contributed by atoms with van der Waals surface area (Å²) in [6.45, 7) is 2.75. The summed E-state index contributed by atoms with van der Waals surface area (Å²) in [6, 6.07) is 13.1. The Bertz CT molecular complexity index is 712. The molecule has 0 bridgehead atoms. The molecule has 126 valence electrons. The predicted octanol–water partition coefficient (Wildman–Crippen LogP) is 4.21. The summed E-state index contributed by atoms with van der Waals surface area (Å²) in [5, 5.41) is 11.7. The molecule has 0 unspecified atom stereocenters. The standard InChI is InChI=1S/C19H21NO4/c1-2-3-4-11-24-17-10-6-7-14(13-17)18(21)20-16-9-5-8-15(12-16)19(22)23/h5-10,12-13H,2-4,11H2,1H3,(H,20,21)(H,22,23). The van der Waals surface area contributed by atoms with Gasteiger partial charge in [0.25, 0.3) is 5.91 Å². The van der Waals surface area contributed by atoms with Gasteiger partial charge in [-0.3, -0.25) is 4.79 Å². The SMILES string of the molecule is CCCCCOc1cccc(C(=O)Nc2cccc(C(=O)O)c2)c1. The van der Waals surface area contributed by atoms with Crippen LogP contribution in [0, 0.1) is 0 Å². The molecule has 0 aromatic heterocycles. The predicted molar refractivity (Wildman–Crippen MR) is 92.8 cm³/mol. The van der Waals surface area contributed by atoms with Gasteiger partial charge >= 0.3 is 5.97 Å². The van der Waals surface area contributed by atoms with Crippen molar-refractivity contribution in [1.82, 2.24) is 0 Å². The zero-order valence-corrected chi connectivity index (χ0v) is 13.6. The molecule has 5 nitrogen and oxygen atoms in total. The maximum Gasteiger partial charge on any atom is 0.335 e. The van der Waals surface area contributed by atoms with Gasteiger partial charge in [0, 0.05) is 11.3 Å². The Morgan fingerprint density at radius 1 is 1.04 bits per heavy atom. The first-order chi connectivity index (χ1) is 11.6. The fourth-order valence-corrected chi connectivity index (χ4v) is 2.20. The third-order valence-electron chi connectivity index (χ3n) is 3.48. The molecule has 0 radical (unpaired) electrons. The largest absolute Gasteiger partial charge is 0.494 e. The second-order valence-electron chi connectivity index (χ2n) is 5.42. The molecule has 0 saturated carbocycles. The first-order valence-electron chi connectivity index (χ1n) is 7.97. The normalized spacial score (nSPS) is 10.2. The van der Waals surface area contributed by atoms with Crippen molar-refractivity contribution in [2.24, 2.45) is 0 Å². The van der Waals surface area contributed by atoms with Gasteiger partial charge in [0.2, 0.25) is 0 Å². The topological polar surface area (TPSA) is 75.6 Å². The van der Waals surface area contributed by atoms with Crippen LogP contribution >= 0.6 is 0 Å². The lowest BCUT2D eigenvalue weighted by atomic mass is 10.1. The lowest BCUT2D eigenvalue weighted by Crippen LogP contribution is -2.12. The molecule has 0 aliphatic heterocycles. The highest BCUT2D eigenvalue weighted by Gasteiger charge is 2.09. The Hall–Kier alpha value is -2.82. The molecule has 0 fully saturated rings. The van der Waals surface area contributed by atoms with Crippen LogP contribution in [0.1, 0.15) is 46.9 Å². The molecule has 0 aliphatic rings. The number of hydrogen-bond donors (Lipinski definition) is 2. The Kier molecular flexibility index (Phi) is 6.37. The van der Waals surface area contributed by atoms with Gasteiger partial charge in [0.05, 0.1) is 12.2 Å². The summed E-state index contributed by atoms with van der Waals surface area (Å²) in [5.74, 6) is -0.692. The molecule has 1 amide bonds. The Morgan fingerprint density at radius 2 is 1.79 bits per heavy atom. The molecule has 0 heterocycles. The third-order valence-corrected chi connectivity index (χ3v) is 3.48. The number of ether oxygens (including phenoxy) is 1. The molecule has 0 aliphatic carbocycles. The molecule has 0 spiro atoms. The zero-order chi connectivity index (χ0) is 17.4. The highest BCUT2D eigenvalue weighted by Crippen LogP contribution is 2.17. The number of carboxylic acid groups (broad SMARTS) is 1. The van der Waals surface area contributed by atoms with Crippen LogP contribution in [0.3, 0.4) is 0 Å². The first-order valence-corrected chi connectivity index (χ1v) is 7.97. The van der Waals surface area contributed by atoms with Crippen LogP contribution in [-0.2, 0) is 0 Å². The summed E-state index contributed by atoms with van der Waals surface area (Å²) in [6.07, 6.45) is 3.22. The number of carboxylic acids is 1. The fourth-order valence-electron chi connectivity index (χ4n) is 2.20. The minimum absolute atomic E-state index is 0.126. The van der Waals surface area contributed by atoms with Crippen molar-refractivity contribution < 1.29 is 19.4 Å². The number of anilines is 1. The molecule has 0 saturated heterocycles. The maximum absolute atomic E-state index is 12.3. The van der Waals surface area contributed by atoms with Gasteiger partial charge in [-0.2, -0.15) is 0 Å². The van der Waals surface area contributed by atoms with Crippen molar-refractivity contribution in [1.29, 1.82) is 0 Å². The van der Waals surface area contributed by atoms with E-state index in [1.807, 2.05) is 6.07 Å². The monoisotopic (exact) mass is 327 g/mol. The van der Waals surface area contributed by atoms with Gasteiger partial charge in [-0.15, -0.1) is 0 Å². The van der Waals surface area contributed by atoms with Crippen LogP contribution in [0.2, 0.25) is 0 Å². The van der Waals surface area contributed by atoms with E-state index in [2.05, 4.69) is 12.2 Å². The number of aromatic carboxylic acids is 1. The molecule has 0 atom stereocenters. The van der Waals surface area contributed by atoms with E-state index >= 15 is 0 Å². The van der Waals surface area contributed by atoms with E-state index in [4.69, 9.17) is 9.84 Å². The molecule has 2 aromatic rings. The quantitative estimate of drug-likeness (QED) is 0.712. The first kappa shape index (κ1) is 17.5. The molecular formula is C19H21NO4. The van der Waals surface area contributed by atoms with Crippen molar-refractivity contribution in [2.75, 3.05) is 11.9 Å². The zero-order valence-electron chi connectivity index (χ0n) is 13.6. The van der Waals surface area contributed by atoms with Crippen molar-refractivity contribution >= 4 is 17.6 Å². The number of hydrogen-bond acceptors (Lipinski definition) is 3. The van der Waals surface area contributed by atoms with Gasteiger partial charge in [-0.1, -0.05) is 31.9 Å². The summed E-state index contributed by atoms with van der Waals surface area (Å²) in [4.78, 5) is 23.3. The van der Waals surface area contributed by atoms with E-state index < -0.39 is 5.97 Å². The van der Waals surface area contributed by atoms with Crippen LogP contribution in [0.25, 0.3) is 0 Å². The summed E-state index contributed by atoms with van der Waals surface area (Å²) < 4.78 is 5.64. The highest BCUT2D eigenvalue weighted by atomic mass is 16.5. The van der Waals surface area contributed by atoms with Crippen molar-refractivity contribution in [2.45, 2.75) is 26.2 Å². The van der Waals surface area contributed by atoms with Crippen LogP contribution in [-0.4, -0.2) is 23.6 Å². The lowest BCUT2D eigenvalue weighted by Gasteiger charge is -2.09. The van der Waals surface area contributed by atoms with E-state index in [-0.39, 0.29) is 11.5 Å². The van der Waals surface area contributed by atoms with E-state index in [1.54, 1.807) is 30.3 Å². The average molecular weight is 327 g/mol. The van der Waals surface area contributed by atoms with Gasteiger partial charge in [-0.25, -0.2) is 4.79 Å². The molecular weight excluding hydrogens is 306 g/mol. The molecule has 2 rings (SSSR count). The fraction of sp³-hybridized carbons (Fsp3) is 0.263. The van der Waals surface area contributed by atoms with Crippen LogP contribution in [0.4, 0.5) is 5.69 Å². The number of carbonyl (C=O) groups is 2. The Balaban J connectivity index is 2.01. The van der Waals surface area contributed by atoms with Crippen LogP contribution in [0.5, 0.6) is 5.75 Å². The van der Waals surface area contributed by atoms with E-state index in [1.165, 1.54) is 12.1 Å². The van der Waals surface area contributed by atoms with Gasteiger partial charge in [-0.05, 0) is 42.8 Å². The molecule has 5 heteroatoms. The summed E-state index contributed by atoms with van der Waals surface area (Å²) >= 11 is 0. The Morgan fingerprint density at radius 3 is 2.54 bits per heavy atom. The van der Waals surface area contributed by atoms with Crippen molar-refractivity contribution in [3.05, 3.63) is 59.7 Å². The number of nitrogens with one attached hydrogen (secondary N) is 1. The van der Waals surface area contributed by atoms with Gasteiger partial charge in [0.1, 0.15) is 5.75 Å². The molecule has 2 N–H and O–H groups in total. The van der Waals surface area contributed by atoms with Crippen LogP contribution < -0.4 is 10.1 Å². The number of carbonyl (C=O) groups excluding carboxylic acids is 1. The minimum Gasteiger partial charge on any atom is -0.494 e. The lowest BCUT2D eigenvalue weighted by molar-refractivity contribution is 0.0696. The summed E-state index contributed by atoms with van der Waals surface area (Å²) in [7, 11) is 0. The van der Waals surface area contributed by atoms with Gasteiger partial charge in [0.15, 0.2) is 0 Å². The smallest absolute Gasteiger partial charge is 0.335 e. The summed E-state index contributed by atoms with van der Waals surface area (Å²) in [5.41, 5.74) is 1.03. The number of unbranched alkanes of at least 4 members (excludes halogenated alkanes) is 2. The number of benzene rings is 2. The average Bonchev–Trinajstić information content (AvgIpc) is 2.59. The van der Waals surface area contributed by atoms with Crippen LogP contribution in [0.15, 0.2) is 48.5 Å². The van der Waals surface area contributed by atoms with E-state index in [0.717, 1.165) is 19.3 Å². The van der Waals surface area contributed by atoms with Crippen molar-refractivity contribution in [3.8, 4) is 5.75 Å². The molecule has 2 aromatic carbocycles. The second-order valence-corrected chi connectivity index (χ2v) is 5.42. The third kappa shape index (κ3) is 5.12. The van der Waals surface area contributed by atoms with Gasteiger partial charge < -0.3 is 15.2 Å². The van der Waals surface area contributed by atoms with Crippen molar-refractivity contribution in [3.63, 3.8) is 0 Å². The highest BCUT2D eigenvalue weighted by molar-refractivity contribution is 6.05. The Labute approximate surface area is 141 Å². The molecule has 24 heavy (non-hydrogen) atoms. The van der Waals surface area contributed by atoms with E-state index in [9.17, 15) is 9.59 Å². The van der Waals surface area contributed by atoms with E-state index in [0.29, 0.717) is 23.6 Å². The minimum atomic E-state index is -1.03. The number of rotatable bonds is 8.